The van der Waals surface area contributed by atoms with E-state index in [4.69, 9.17) is 10.3 Å². The van der Waals surface area contributed by atoms with Crippen LogP contribution in [0.2, 0.25) is 0 Å². The van der Waals surface area contributed by atoms with Crippen LogP contribution >= 0.6 is 0 Å². The third kappa shape index (κ3) is 3.50. The van der Waals surface area contributed by atoms with Crippen molar-refractivity contribution in [1.82, 2.24) is 35.0 Å². The van der Waals surface area contributed by atoms with Crippen LogP contribution in [0.4, 0.5) is 0 Å². The normalized spacial score (nSPS) is 19.1. The van der Waals surface area contributed by atoms with Crippen molar-refractivity contribution < 1.29 is 14.1 Å². The number of hydrogen-bond acceptors (Lipinski definition) is 7. The van der Waals surface area contributed by atoms with Gasteiger partial charge in [-0.1, -0.05) is 5.16 Å². The van der Waals surface area contributed by atoms with E-state index in [1.807, 2.05) is 13.1 Å². The first-order valence-electron chi connectivity index (χ1n) is 9.25. The largest absolute Gasteiger partial charge is 0.369 e. The minimum absolute atomic E-state index is 0.179. The summed E-state index contributed by atoms with van der Waals surface area (Å²) >= 11 is 0. The van der Waals surface area contributed by atoms with Crippen LogP contribution in [-0.2, 0) is 11.3 Å². The first kappa shape index (κ1) is 18.8. The number of rotatable bonds is 5. The van der Waals surface area contributed by atoms with Crippen LogP contribution in [-0.4, -0.2) is 59.9 Å². The SMILES string of the molecule is Cc1cnn(Cc2c(C(=O)N3CC(C(N)=O)C(c4n[nH]c(C)n4)C3)noc2C)c1. The summed E-state index contributed by atoms with van der Waals surface area (Å²) in [5, 5.41) is 15.2. The molecule has 0 aliphatic carbocycles. The van der Waals surface area contributed by atoms with Crippen molar-refractivity contribution in [3.8, 4) is 0 Å². The van der Waals surface area contributed by atoms with Crippen LogP contribution in [0.5, 0.6) is 0 Å². The van der Waals surface area contributed by atoms with Gasteiger partial charge in [-0.25, -0.2) is 4.98 Å². The van der Waals surface area contributed by atoms with Crippen molar-refractivity contribution in [2.75, 3.05) is 13.1 Å². The molecular weight excluding hydrogens is 376 g/mol. The highest BCUT2D eigenvalue weighted by molar-refractivity contribution is 5.94. The molecule has 152 valence electrons. The maximum Gasteiger partial charge on any atom is 0.276 e. The van der Waals surface area contributed by atoms with E-state index in [1.165, 1.54) is 0 Å². The Kier molecular flexibility index (Phi) is 4.65. The smallest absolute Gasteiger partial charge is 0.276 e. The number of nitrogens with one attached hydrogen (secondary N) is 1. The fourth-order valence-electron chi connectivity index (χ4n) is 3.66. The maximum atomic E-state index is 13.2. The Labute approximate surface area is 166 Å². The van der Waals surface area contributed by atoms with Gasteiger partial charge in [-0.15, -0.1) is 0 Å². The molecule has 4 rings (SSSR count). The number of nitrogens with zero attached hydrogens (tertiary/aromatic N) is 6. The molecule has 3 aromatic rings. The molecule has 0 radical (unpaired) electrons. The zero-order valence-electron chi connectivity index (χ0n) is 16.4. The molecule has 3 N–H and O–H groups in total. The summed E-state index contributed by atoms with van der Waals surface area (Å²) in [5.74, 6) is -0.0839. The second kappa shape index (κ2) is 7.15. The van der Waals surface area contributed by atoms with E-state index < -0.39 is 11.8 Å². The second-order valence-corrected chi connectivity index (χ2v) is 7.39. The predicted octanol–water partition coefficient (Wildman–Crippen LogP) is 0.304. The Hall–Kier alpha value is -3.50. The fraction of sp³-hybridized carbons (Fsp3) is 0.444. The van der Waals surface area contributed by atoms with Gasteiger partial charge in [-0.2, -0.15) is 10.2 Å². The molecule has 2 unspecified atom stereocenters. The van der Waals surface area contributed by atoms with Crippen LogP contribution in [0.1, 0.15) is 44.9 Å². The average molecular weight is 398 g/mol. The van der Waals surface area contributed by atoms with Crippen molar-refractivity contribution >= 4 is 11.8 Å². The molecular formula is C18H22N8O3. The molecule has 0 bridgehead atoms. The van der Waals surface area contributed by atoms with Gasteiger partial charge in [0, 0.05) is 24.8 Å². The van der Waals surface area contributed by atoms with Crippen LogP contribution in [0.25, 0.3) is 0 Å². The van der Waals surface area contributed by atoms with Crippen molar-refractivity contribution in [3.05, 3.63) is 46.6 Å². The Bertz CT molecular complexity index is 1070. The van der Waals surface area contributed by atoms with Gasteiger partial charge in [0.25, 0.3) is 5.91 Å². The van der Waals surface area contributed by atoms with E-state index in [0.29, 0.717) is 29.5 Å². The summed E-state index contributed by atoms with van der Waals surface area (Å²) in [6.45, 7) is 6.28. The van der Waals surface area contributed by atoms with Gasteiger partial charge in [-0.3, -0.25) is 19.4 Å². The van der Waals surface area contributed by atoms with Gasteiger partial charge in [0.05, 0.1) is 24.6 Å². The topological polar surface area (TPSA) is 149 Å². The van der Waals surface area contributed by atoms with Gasteiger partial charge in [0.15, 0.2) is 11.5 Å². The molecule has 3 aromatic heterocycles. The number of amides is 2. The highest BCUT2D eigenvalue weighted by atomic mass is 16.5. The predicted molar refractivity (Wildman–Crippen MR) is 99.8 cm³/mol. The van der Waals surface area contributed by atoms with E-state index >= 15 is 0 Å². The fourth-order valence-corrected chi connectivity index (χ4v) is 3.66. The van der Waals surface area contributed by atoms with Crippen molar-refractivity contribution in [2.45, 2.75) is 33.2 Å². The van der Waals surface area contributed by atoms with Crippen LogP contribution < -0.4 is 5.73 Å². The highest BCUT2D eigenvalue weighted by Gasteiger charge is 2.42. The molecule has 1 aliphatic rings. The number of hydrogen-bond donors (Lipinski definition) is 2. The molecule has 2 amide bonds. The van der Waals surface area contributed by atoms with E-state index in [0.717, 1.165) is 5.56 Å². The Morgan fingerprint density at radius 2 is 2.10 bits per heavy atom. The summed E-state index contributed by atoms with van der Waals surface area (Å²) in [6, 6.07) is 0. The number of H-pyrrole nitrogens is 1. The lowest BCUT2D eigenvalue weighted by molar-refractivity contribution is -0.121. The minimum Gasteiger partial charge on any atom is -0.369 e. The Morgan fingerprint density at radius 1 is 1.31 bits per heavy atom. The number of nitrogens with two attached hydrogens (primary N) is 1. The number of aromatic amines is 1. The molecule has 29 heavy (non-hydrogen) atoms. The van der Waals surface area contributed by atoms with E-state index in [-0.39, 0.29) is 30.6 Å². The minimum atomic E-state index is -0.570. The van der Waals surface area contributed by atoms with Gasteiger partial charge >= 0.3 is 0 Å². The second-order valence-electron chi connectivity index (χ2n) is 7.39. The number of aryl methyl sites for hydroxylation is 3. The molecule has 11 heteroatoms. The number of carbonyl (C=O) groups excluding carboxylic acids is 2. The van der Waals surface area contributed by atoms with Crippen molar-refractivity contribution in [3.63, 3.8) is 0 Å². The van der Waals surface area contributed by atoms with Gasteiger partial charge in [0.1, 0.15) is 11.6 Å². The lowest BCUT2D eigenvalue weighted by Gasteiger charge is -2.15. The monoisotopic (exact) mass is 398 g/mol. The molecule has 1 saturated heterocycles. The summed E-state index contributed by atoms with van der Waals surface area (Å²) < 4.78 is 7.01. The van der Waals surface area contributed by atoms with Gasteiger partial charge in [-0.05, 0) is 26.3 Å². The highest BCUT2D eigenvalue weighted by Crippen LogP contribution is 2.32. The van der Waals surface area contributed by atoms with E-state index in [2.05, 4.69) is 25.4 Å². The maximum absolute atomic E-state index is 13.2. The summed E-state index contributed by atoms with van der Waals surface area (Å²) in [7, 11) is 0. The van der Waals surface area contributed by atoms with E-state index in [1.54, 1.807) is 29.6 Å². The third-order valence-electron chi connectivity index (χ3n) is 5.19. The molecule has 4 heterocycles. The standard InChI is InChI=1S/C18H22N8O3/c1-9-4-20-26(5-9)8-12-10(2)29-24-15(12)18(28)25-6-13(16(19)27)14(7-25)17-21-11(3)22-23-17/h4-5,13-14H,6-8H2,1-3H3,(H2,19,27)(H,21,22,23). The molecule has 0 aromatic carbocycles. The lowest BCUT2D eigenvalue weighted by atomic mass is 9.95. The summed E-state index contributed by atoms with van der Waals surface area (Å²) in [6.07, 6.45) is 3.62. The van der Waals surface area contributed by atoms with E-state index in [9.17, 15) is 9.59 Å². The molecule has 0 saturated carbocycles. The Morgan fingerprint density at radius 3 is 2.72 bits per heavy atom. The zero-order valence-corrected chi connectivity index (χ0v) is 16.4. The summed E-state index contributed by atoms with van der Waals surface area (Å²) in [4.78, 5) is 31.1. The molecule has 1 fully saturated rings. The average Bonchev–Trinajstić information content (AvgIpc) is 3.43. The quantitative estimate of drug-likeness (QED) is 0.628. The molecule has 2 atom stereocenters. The first-order valence-corrected chi connectivity index (χ1v) is 9.25. The Balaban J connectivity index is 1.59. The number of likely N-dealkylation sites (tertiary alicyclic amines) is 1. The third-order valence-corrected chi connectivity index (χ3v) is 5.19. The number of carbonyl (C=O) groups is 2. The summed E-state index contributed by atoms with van der Waals surface area (Å²) in [5.41, 5.74) is 7.47. The number of aromatic nitrogens is 6. The van der Waals surface area contributed by atoms with Crippen molar-refractivity contribution in [1.29, 1.82) is 0 Å². The first-order chi connectivity index (χ1) is 13.8. The van der Waals surface area contributed by atoms with Gasteiger partial charge < -0.3 is 15.2 Å². The molecule has 0 spiro atoms. The molecule has 11 nitrogen and oxygen atoms in total. The van der Waals surface area contributed by atoms with Crippen LogP contribution in [0.15, 0.2) is 16.9 Å². The van der Waals surface area contributed by atoms with Crippen molar-refractivity contribution in [2.24, 2.45) is 11.7 Å². The molecule has 1 aliphatic heterocycles. The van der Waals surface area contributed by atoms with Crippen LogP contribution in [0.3, 0.4) is 0 Å². The van der Waals surface area contributed by atoms with Crippen LogP contribution in [0, 0.1) is 26.7 Å². The zero-order chi connectivity index (χ0) is 20.7. The lowest BCUT2D eigenvalue weighted by Crippen LogP contribution is -2.32. The number of primary amides is 1. The van der Waals surface area contributed by atoms with Gasteiger partial charge in [0.2, 0.25) is 5.91 Å².